The minimum atomic E-state index is -1.31. The second kappa shape index (κ2) is 15.8. The van der Waals surface area contributed by atoms with Gasteiger partial charge in [0.1, 0.15) is 12.2 Å². The van der Waals surface area contributed by atoms with Gasteiger partial charge in [0.15, 0.2) is 5.11 Å². The number of aromatic amines is 1. The van der Waals surface area contributed by atoms with Crippen LogP contribution in [0.4, 0.5) is 11.5 Å². The summed E-state index contributed by atoms with van der Waals surface area (Å²) in [6.07, 6.45) is 7.67. The van der Waals surface area contributed by atoms with Crippen molar-refractivity contribution in [1.82, 2.24) is 14.9 Å². The van der Waals surface area contributed by atoms with Gasteiger partial charge in [-0.3, -0.25) is 9.59 Å². The molecule has 0 spiro atoms. The van der Waals surface area contributed by atoms with Crippen LogP contribution >= 0.6 is 12.2 Å². The van der Waals surface area contributed by atoms with Crippen LogP contribution in [0.2, 0.25) is 0 Å². The Labute approximate surface area is 257 Å². The number of benzene rings is 2. The molecule has 1 aliphatic rings. The van der Waals surface area contributed by atoms with Gasteiger partial charge in [-0.2, -0.15) is 0 Å². The van der Waals surface area contributed by atoms with E-state index in [1.807, 2.05) is 24.3 Å². The molecule has 5 N–H and O–H groups in total. The van der Waals surface area contributed by atoms with E-state index in [4.69, 9.17) is 27.4 Å². The molecule has 5 rings (SSSR count). The van der Waals surface area contributed by atoms with Crippen molar-refractivity contribution in [3.8, 4) is 11.1 Å². The lowest BCUT2D eigenvalue weighted by atomic mass is 9.90. The van der Waals surface area contributed by atoms with Crippen molar-refractivity contribution in [2.45, 2.75) is 51.4 Å². The Morgan fingerprint density at radius 3 is 2.23 bits per heavy atom. The number of pyridine rings is 1. The monoisotopic (exact) mass is 601 g/mol. The Bertz CT molecular complexity index is 1490. The predicted octanol–water partition coefficient (Wildman–Crippen LogP) is 6.95. The number of carboxylic acids is 2. The van der Waals surface area contributed by atoms with Gasteiger partial charge >= 0.3 is 11.9 Å². The topological polar surface area (TPSA) is 131 Å². The van der Waals surface area contributed by atoms with Gasteiger partial charge in [-0.25, -0.2) is 4.98 Å². The van der Waals surface area contributed by atoms with Crippen molar-refractivity contribution < 1.29 is 19.8 Å². The number of rotatable bonds is 10. The summed E-state index contributed by atoms with van der Waals surface area (Å²) in [6.45, 7) is 5.86. The van der Waals surface area contributed by atoms with Crippen molar-refractivity contribution >= 4 is 51.8 Å². The summed E-state index contributed by atoms with van der Waals surface area (Å²) < 4.78 is 0. The van der Waals surface area contributed by atoms with Crippen molar-refractivity contribution in [2.75, 3.05) is 30.3 Å². The largest absolute Gasteiger partial charge is 0.481 e. The van der Waals surface area contributed by atoms with Crippen molar-refractivity contribution in [3.05, 3.63) is 78.5 Å². The van der Waals surface area contributed by atoms with E-state index < -0.39 is 18.4 Å². The molecule has 0 radical (unpaired) electrons. The minimum Gasteiger partial charge on any atom is -0.481 e. The molecular weight excluding hydrogens is 562 g/mol. The number of hydrogen-bond donors (Lipinski definition) is 5. The quantitative estimate of drug-likeness (QED) is 0.0744. The molecule has 0 bridgehead atoms. The number of aliphatic carboxylic acids is 2. The lowest BCUT2D eigenvalue weighted by Gasteiger charge is -2.31. The smallest absolute Gasteiger partial charge is 0.314 e. The van der Waals surface area contributed by atoms with Crippen LogP contribution in [0, 0.1) is 0 Å². The molecular formula is C33H39N5O4S. The molecule has 3 heterocycles. The molecule has 43 heavy (non-hydrogen) atoms. The molecule has 1 aliphatic heterocycles. The van der Waals surface area contributed by atoms with Gasteiger partial charge in [0, 0.05) is 11.9 Å². The average molecular weight is 602 g/mol. The predicted molar refractivity (Wildman–Crippen MR) is 176 cm³/mol. The van der Waals surface area contributed by atoms with E-state index in [2.05, 4.69) is 76.1 Å². The van der Waals surface area contributed by atoms with Gasteiger partial charge in [-0.05, 0) is 98.0 Å². The minimum absolute atomic E-state index is 0.534. The summed E-state index contributed by atoms with van der Waals surface area (Å²) >= 11 is 5.59. The summed E-state index contributed by atoms with van der Waals surface area (Å²) in [5.74, 6) is -1.31. The molecule has 10 heteroatoms. The zero-order chi connectivity index (χ0) is 30.6. The molecule has 0 atom stereocenters. The summed E-state index contributed by atoms with van der Waals surface area (Å²) in [7, 11) is 0. The first-order chi connectivity index (χ1) is 20.8. The maximum Gasteiger partial charge on any atom is 0.314 e. The summed E-state index contributed by atoms with van der Waals surface area (Å²) in [6, 6.07) is 22.7. The van der Waals surface area contributed by atoms with E-state index in [0.717, 1.165) is 22.5 Å². The van der Waals surface area contributed by atoms with E-state index >= 15 is 0 Å². The van der Waals surface area contributed by atoms with Gasteiger partial charge in [0.2, 0.25) is 0 Å². The third kappa shape index (κ3) is 9.62. The average Bonchev–Trinajstić information content (AvgIpc) is 3.41. The molecule has 0 unspecified atom stereocenters. The van der Waals surface area contributed by atoms with Crippen molar-refractivity contribution in [3.63, 3.8) is 0 Å². The van der Waals surface area contributed by atoms with Crippen LogP contribution in [0.15, 0.2) is 72.9 Å². The van der Waals surface area contributed by atoms with Gasteiger partial charge in [0.25, 0.3) is 0 Å². The van der Waals surface area contributed by atoms with Crippen LogP contribution in [0.3, 0.4) is 0 Å². The molecule has 0 aliphatic carbocycles. The maximum absolute atomic E-state index is 9.43. The summed E-state index contributed by atoms with van der Waals surface area (Å²) in [4.78, 5) is 29.8. The lowest BCUT2D eigenvalue weighted by molar-refractivity contribution is -0.147. The fourth-order valence-corrected chi connectivity index (χ4v) is 5.46. The number of carboxylic acid groups (broad SMARTS) is 2. The molecule has 9 nitrogen and oxygen atoms in total. The molecule has 4 aromatic rings. The van der Waals surface area contributed by atoms with E-state index in [0.29, 0.717) is 11.0 Å². The fraction of sp³-hybridized carbons (Fsp3) is 0.333. The molecule has 2 aromatic heterocycles. The van der Waals surface area contributed by atoms with Gasteiger partial charge in [-0.15, -0.1) is 0 Å². The van der Waals surface area contributed by atoms with Gasteiger partial charge in [0.05, 0.1) is 11.0 Å². The normalized spacial score (nSPS) is 13.6. The number of fused-ring (bicyclic) bond motifs is 1. The number of unbranched alkanes of at least 4 members (excludes halogenated alkanes) is 2. The zero-order valence-corrected chi connectivity index (χ0v) is 25.2. The number of likely N-dealkylation sites (tertiary alicyclic amines) is 1. The second-order valence-corrected chi connectivity index (χ2v) is 11.1. The Balaban J connectivity index is 0.000000541. The number of thiocarbonyl (C=S) groups is 1. The first-order valence-electron chi connectivity index (χ1n) is 14.7. The number of aromatic nitrogens is 2. The highest BCUT2D eigenvalue weighted by Crippen LogP contribution is 2.33. The number of nitrogens with zero attached hydrogens (tertiary/aromatic N) is 2. The number of hydrogen-bond acceptors (Lipinski definition) is 5. The number of piperidine rings is 1. The Morgan fingerprint density at radius 1 is 0.930 bits per heavy atom. The van der Waals surface area contributed by atoms with Crippen LogP contribution in [-0.2, 0) is 9.59 Å². The van der Waals surface area contributed by atoms with Crippen LogP contribution in [0.1, 0.15) is 56.9 Å². The fourth-order valence-electron chi connectivity index (χ4n) is 5.24. The van der Waals surface area contributed by atoms with E-state index in [1.165, 1.54) is 68.4 Å². The third-order valence-corrected chi connectivity index (χ3v) is 7.66. The molecule has 1 fully saturated rings. The van der Waals surface area contributed by atoms with Crippen LogP contribution in [0.5, 0.6) is 0 Å². The highest BCUT2D eigenvalue weighted by Gasteiger charge is 2.23. The number of nitrogens with one attached hydrogen (secondary N) is 3. The molecule has 0 saturated carbocycles. The Morgan fingerprint density at radius 2 is 1.60 bits per heavy atom. The maximum atomic E-state index is 9.43. The first-order valence-corrected chi connectivity index (χ1v) is 15.1. The number of H-pyrrole nitrogens is 1. The van der Waals surface area contributed by atoms with E-state index in [1.54, 1.807) is 0 Å². The highest BCUT2D eigenvalue weighted by atomic mass is 32.1. The molecule has 0 amide bonds. The van der Waals surface area contributed by atoms with E-state index in [-0.39, 0.29) is 0 Å². The van der Waals surface area contributed by atoms with Crippen LogP contribution in [0.25, 0.3) is 22.2 Å². The first kappa shape index (κ1) is 31.7. The van der Waals surface area contributed by atoms with E-state index in [9.17, 15) is 9.59 Å². The van der Waals surface area contributed by atoms with Gasteiger partial charge < -0.3 is 30.7 Å². The molecule has 2 aromatic carbocycles. The number of anilines is 2. The second-order valence-electron chi connectivity index (χ2n) is 10.6. The van der Waals surface area contributed by atoms with Crippen molar-refractivity contribution in [2.24, 2.45) is 0 Å². The number of carbonyl (C=O) groups is 2. The zero-order valence-electron chi connectivity index (χ0n) is 24.4. The van der Waals surface area contributed by atoms with Crippen LogP contribution in [-0.4, -0.2) is 61.8 Å². The SMILES string of the molecule is CCCCCN1CCC(c2c[nH]c3ccc(NC(=S)Nc4ccc(-c5ccccc5)cc4)nc23)CC1.O=C(O)CC(=O)O. The Hall–Kier alpha value is -4.28. The van der Waals surface area contributed by atoms with Crippen LogP contribution < -0.4 is 10.6 Å². The molecule has 226 valence electrons. The highest BCUT2D eigenvalue weighted by molar-refractivity contribution is 7.80. The third-order valence-electron chi connectivity index (χ3n) is 7.45. The summed E-state index contributed by atoms with van der Waals surface area (Å²) in [5.41, 5.74) is 6.79. The van der Waals surface area contributed by atoms with Crippen molar-refractivity contribution in [1.29, 1.82) is 0 Å². The summed E-state index contributed by atoms with van der Waals surface area (Å²) in [5, 5.41) is 22.5. The standard InChI is InChI=1S/C30H35N5S.C3H4O4/c1-2-3-7-18-35-19-16-24(17-20-35)26-21-31-27-14-15-28(33-29(26)27)34-30(36)32-25-12-10-23(11-13-25)22-8-5-4-6-9-22;4-2(5)1-3(6)7/h4-6,8-15,21,24,31H,2-3,7,16-20H2,1H3,(H2,32,33,34,36);1H2,(H,4,5)(H,6,7). The lowest BCUT2D eigenvalue weighted by Crippen LogP contribution is -2.33. The van der Waals surface area contributed by atoms with Gasteiger partial charge in [-0.1, -0.05) is 62.2 Å². The molecule has 1 saturated heterocycles. The Kier molecular flexibility index (Phi) is 11.6.